The van der Waals surface area contributed by atoms with Crippen molar-refractivity contribution < 1.29 is 19.0 Å². The third-order valence-electron chi connectivity index (χ3n) is 3.45. The van der Waals surface area contributed by atoms with Crippen LogP contribution in [-0.4, -0.2) is 32.8 Å². The molecule has 1 N–H and O–H groups in total. The molecule has 0 saturated carbocycles. The van der Waals surface area contributed by atoms with Crippen molar-refractivity contribution in [3.63, 3.8) is 0 Å². The second-order valence-electron chi connectivity index (χ2n) is 5.50. The van der Waals surface area contributed by atoms with Gasteiger partial charge in [0.25, 0.3) is 0 Å². The second kappa shape index (κ2) is 7.20. The predicted octanol–water partition coefficient (Wildman–Crippen LogP) is 2.56. The molecule has 0 fully saturated rings. The molecule has 0 aliphatic carbocycles. The maximum absolute atomic E-state index is 12.1. The minimum Gasteiger partial charge on any atom is -0.493 e. The highest BCUT2D eigenvalue weighted by atomic mass is 16.5. The minimum absolute atomic E-state index is 0.0314. The summed E-state index contributed by atoms with van der Waals surface area (Å²) in [6, 6.07) is 3.58. The van der Waals surface area contributed by atoms with Crippen molar-refractivity contribution in [1.82, 2.24) is 5.32 Å². The molecule has 21 heavy (non-hydrogen) atoms. The summed E-state index contributed by atoms with van der Waals surface area (Å²) < 4.78 is 15.8. The van der Waals surface area contributed by atoms with Gasteiger partial charge in [-0.15, -0.1) is 0 Å². The summed E-state index contributed by atoms with van der Waals surface area (Å²) in [5.74, 6) is 1.60. The van der Waals surface area contributed by atoms with E-state index in [0.717, 1.165) is 12.0 Å². The van der Waals surface area contributed by atoms with E-state index in [1.807, 2.05) is 20.8 Å². The van der Waals surface area contributed by atoms with Crippen LogP contribution < -0.4 is 19.5 Å². The number of methoxy groups -OCH3 is 3. The molecule has 1 amide bonds. The first-order valence-corrected chi connectivity index (χ1v) is 6.96. The fourth-order valence-corrected chi connectivity index (χ4v) is 1.93. The Bertz CT molecular complexity index is 472. The average Bonchev–Trinajstić information content (AvgIpc) is 2.45. The van der Waals surface area contributed by atoms with Crippen molar-refractivity contribution in [1.29, 1.82) is 0 Å². The van der Waals surface area contributed by atoms with E-state index in [1.54, 1.807) is 33.5 Å². The van der Waals surface area contributed by atoms with Crippen molar-refractivity contribution in [3.05, 3.63) is 17.7 Å². The topological polar surface area (TPSA) is 56.8 Å². The van der Waals surface area contributed by atoms with Crippen LogP contribution in [0.5, 0.6) is 17.2 Å². The van der Waals surface area contributed by atoms with Crippen molar-refractivity contribution in [2.75, 3.05) is 21.3 Å². The lowest BCUT2D eigenvalue weighted by atomic mass is 10.0. The molecule has 0 atom stereocenters. The molecule has 1 aromatic carbocycles. The van der Waals surface area contributed by atoms with Gasteiger partial charge >= 0.3 is 0 Å². The fourth-order valence-electron chi connectivity index (χ4n) is 1.93. The third kappa shape index (κ3) is 4.55. The first kappa shape index (κ1) is 17.1. The molecule has 0 bridgehead atoms. The van der Waals surface area contributed by atoms with E-state index in [0.29, 0.717) is 17.2 Å². The maximum Gasteiger partial charge on any atom is 0.224 e. The highest BCUT2D eigenvalue weighted by molar-refractivity contribution is 5.79. The zero-order valence-electron chi connectivity index (χ0n) is 13.7. The molecule has 0 aliphatic heterocycles. The Balaban J connectivity index is 2.96. The first-order valence-electron chi connectivity index (χ1n) is 6.96. The van der Waals surface area contributed by atoms with Gasteiger partial charge in [-0.2, -0.15) is 0 Å². The molecular weight excluding hydrogens is 270 g/mol. The van der Waals surface area contributed by atoms with Crippen LogP contribution in [0.1, 0.15) is 32.8 Å². The molecule has 0 unspecified atom stereocenters. The van der Waals surface area contributed by atoms with Crippen molar-refractivity contribution in [2.45, 2.75) is 39.2 Å². The zero-order chi connectivity index (χ0) is 16.0. The molecule has 0 radical (unpaired) electrons. The van der Waals surface area contributed by atoms with Gasteiger partial charge in [0.2, 0.25) is 11.7 Å². The highest BCUT2D eigenvalue weighted by Gasteiger charge is 2.19. The summed E-state index contributed by atoms with van der Waals surface area (Å²) in [6.07, 6.45) is 1.13. The number of benzene rings is 1. The second-order valence-corrected chi connectivity index (χ2v) is 5.50. The molecule has 5 nitrogen and oxygen atoms in total. The van der Waals surface area contributed by atoms with E-state index in [4.69, 9.17) is 14.2 Å². The molecule has 0 spiro atoms. The summed E-state index contributed by atoms with van der Waals surface area (Å²) in [7, 11) is 4.67. The van der Waals surface area contributed by atoms with Gasteiger partial charge < -0.3 is 19.5 Å². The number of rotatable bonds is 7. The lowest BCUT2D eigenvalue weighted by Crippen LogP contribution is -2.43. The van der Waals surface area contributed by atoms with Crippen LogP contribution in [0.25, 0.3) is 0 Å². The Kier molecular flexibility index (Phi) is 5.88. The van der Waals surface area contributed by atoms with Gasteiger partial charge in [-0.3, -0.25) is 4.79 Å². The molecule has 5 heteroatoms. The van der Waals surface area contributed by atoms with Crippen LogP contribution in [0.4, 0.5) is 0 Å². The Labute approximate surface area is 126 Å². The SMILES string of the molecule is CCC(C)(C)NC(=O)Cc1cc(OC)c(OC)c(OC)c1. The van der Waals surface area contributed by atoms with Crippen molar-refractivity contribution in [3.8, 4) is 17.2 Å². The number of hydrogen-bond donors (Lipinski definition) is 1. The van der Waals surface area contributed by atoms with E-state index in [9.17, 15) is 4.79 Å². The Hall–Kier alpha value is -1.91. The average molecular weight is 295 g/mol. The Morgan fingerprint density at radius 2 is 1.62 bits per heavy atom. The largest absolute Gasteiger partial charge is 0.493 e. The number of nitrogens with one attached hydrogen (secondary N) is 1. The number of amides is 1. The van der Waals surface area contributed by atoms with Crippen molar-refractivity contribution >= 4 is 5.91 Å². The summed E-state index contributed by atoms with van der Waals surface area (Å²) in [4.78, 5) is 12.1. The van der Waals surface area contributed by atoms with E-state index >= 15 is 0 Å². The van der Waals surface area contributed by atoms with E-state index in [-0.39, 0.29) is 17.9 Å². The van der Waals surface area contributed by atoms with E-state index in [2.05, 4.69) is 5.32 Å². The highest BCUT2D eigenvalue weighted by Crippen LogP contribution is 2.38. The molecule has 0 aliphatic rings. The first-order chi connectivity index (χ1) is 9.86. The standard InChI is InChI=1S/C16H25NO4/c1-7-16(2,3)17-14(18)10-11-8-12(19-4)15(21-6)13(9-11)20-5/h8-9H,7,10H2,1-6H3,(H,17,18). The summed E-state index contributed by atoms with van der Waals surface area (Å²) >= 11 is 0. The van der Waals surface area contributed by atoms with Gasteiger partial charge in [0, 0.05) is 5.54 Å². The minimum atomic E-state index is -0.211. The van der Waals surface area contributed by atoms with Gasteiger partial charge in [0.15, 0.2) is 11.5 Å². The smallest absolute Gasteiger partial charge is 0.224 e. The van der Waals surface area contributed by atoms with Crippen molar-refractivity contribution in [2.24, 2.45) is 0 Å². The normalized spacial score (nSPS) is 11.0. The lowest BCUT2D eigenvalue weighted by molar-refractivity contribution is -0.122. The van der Waals surface area contributed by atoms with E-state index in [1.165, 1.54) is 0 Å². The van der Waals surface area contributed by atoms with Crippen LogP contribution >= 0.6 is 0 Å². The zero-order valence-corrected chi connectivity index (χ0v) is 13.7. The molecule has 0 heterocycles. The van der Waals surface area contributed by atoms with Gasteiger partial charge in [-0.05, 0) is 38.0 Å². The number of carbonyl (C=O) groups is 1. The van der Waals surface area contributed by atoms with Gasteiger partial charge in [0.1, 0.15) is 0 Å². The van der Waals surface area contributed by atoms with E-state index < -0.39 is 0 Å². The fraction of sp³-hybridized carbons (Fsp3) is 0.562. The monoisotopic (exact) mass is 295 g/mol. The molecular formula is C16H25NO4. The summed E-state index contributed by atoms with van der Waals surface area (Å²) in [5.41, 5.74) is 0.603. The molecule has 1 aromatic rings. The van der Waals surface area contributed by atoms with Crippen LogP contribution in [0, 0.1) is 0 Å². The van der Waals surface area contributed by atoms with Crippen LogP contribution in [0.3, 0.4) is 0 Å². The van der Waals surface area contributed by atoms with Crippen LogP contribution in [0.2, 0.25) is 0 Å². The molecule has 118 valence electrons. The third-order valence-corrected chi connectivity index (χ3v) is 3.45. The van der Waals surface area contributed by atoms with Crippen LogP contribution in [-0.2, 0) is 11.2 Å². The number of ether oxygens (including phenoxy) is 3. The quantitative estimate of drug-likeness (QED) is 0.840. The van der Waals surface area contributed by atoms with Crippen LogP contribution in [0.15, 0.2) is 12.1 Å². The van der Waals surface area contributed by atoms with Gasteiger partial charge in [0.05, 0.1) is 27.8 Å². The predicted molar refractivity (Wildman–Crippen MR) is 82.3 cm³/mol. The molecule has 1 rings (SSSR count). The van der Waals surface area contributed by atoms with Gasteiger partial charge in [-0.1, -0.05) is 6.92 Å². The molecule has 0 saturated heterocycles. The lowest BCUT2D eigenvalue weighted by Gasteiger charge is -2.24. The Morgan fingerprint density at radius 1 is 1.10 bits per heavy atom. The summed E-state index contributed by atoms with van der Waals surface area (Å²) in [5, 5.41) is 3.01. The molecule has 0 aromatic heterocycles. The van der Waals surface area contributed by atoms with Gasteiger partial charge in [-0.25, -0.2) is 0 Å². The number of carbonyl (C=O) groups excluding carboxylic acids is 1. The Morgan fingerprint density at radius 3 is 2.00 bits per heavy atom. The summed E-state index contributed by atoms with van der Waals surface area (Å²) in [6.45, 7) is 6.04. The maximum atomic E-state index is 12.1. The number of hydrogen-bond acceptors (Lipinski definition) is 4.